The normalized spacial score (nSPS) is 18.5. The molecule has 1 fully saturated rings. The van der Waals surface area contributed by atoms with Gasteiger partial charge in [0.2, 0.25) is 0 Å². The number of unbranched alkanes of at least 4 members (excludes halogenated alkanes) is 1. The van der Waals surface area contributed by atoms with Crippen LogP contribution in [0.4, 0.5) is 0 Å². The summed E-state index contributed by atoms with van der Waals surface area (Å²) in [5.74, 6) is -0.740. The maximum atomic E-state index is 12.9. The zero-order chi connectivity index (χ0) is 20.3. The Morgan fingerprint density at radius 3 is 2.50 bits per heavy atom. The number of nitrogens with zero attached hydrogens (tertiary/aromatic N) is 1. The molecule has 0 aliphatic carbocycles. The first-order chi connectivity index (χ1) is 13.5. The molecule has 5 heteroatoms. The summed E-state index contributed by atoms with van der Waals surface area (Å²) in [7, 11) is 1.57. The molecule has 0 spiro atoms. The van der Waals surface area contributed by atoms with Gasteiger partial charge in [0, 0.05) is 12.1 Å². The molecule has 1 atom stereocenters. The van der Waals surface area contributed by atoms with Crippen molar-refractivity contribution in [3.63, 3.8) is 0 Å². The van der Waals surface area contributed by atoms with Crippen molar-refractivity contribution in [2.24, 2.45) is 0 Å². The number of aliphatic hydroxyl groups excluding tert-OH is 1. The Kier molecular flexibility index (Phi) is 5.83. The van der Waals surface area contributed by atoms with E-state index in [1.54, 1.807) is 30.2 Å². The fourth-order valence-electron chi connectivity index (χ4n) is 3.46. The van der Waals surface area contributed by atoms with Gasteiger partial charge in [-0.05, 0) is 31.0 Å². The van der Waals surface area contributed by atoms with Gasteiger partial charge in [-0.15, -0.1) is 0 Å². The molecule has 28 heavy (non-hydrogen) atoms. The minimum absolute atomic E-state index is 0.123. The average Bonchev–Trinajstić information content (AvgIpc) is 2.97. The van der Waals surface area contributed by atoms with Crippen molar-refractivity contribution in [1.29, 1.82) is 0 Å². The third-order valence-electron chi connectivity index (χ3n) is 5.03. The van der Waals surface area contributed by atoms with Crippen molar-refractivity contribution in [1.82, 2.24) is 4.90 Å². The van der Waals surface area contributed by atoms with Crippen LogP contribution in [0.3, 0.4) is 0 Å². The molecule has 5 nitrogen and oxygen atoms in total. The number of rotatable bonds is 6. The highest BCUT2D eigenvalue weighted by atomic mass is 16.5. The zero-order valence-electron chi connectivity index (χ0n) is 16.4. The Morgan fingerprint density at radius 2 is 1.86 bits per heavy atom. The SMILES string of the molecule is CCCCN1C(=O)C(=O)/C(=C(\O)c2ccc(C)cc2)C1c1cccc(OC)c1. The molecule has 1 amide bonds. The molecule has 1 saturated heterocycles. The molecule has 146 valence electrons. The fraction of sp³-hybridized carbons (Fsp3) is 0.304. The van der Waals surface area contributed by atoms with Gasteiger partial charge in [-0.25, -0.2) is 0 Å². The quantitative estimate of drug-likeness (QED) is 0.463. The van der Waals surface area contributed by atoms with Crippen LogP contribution >= 0.6 is 0 Å². The lowest BCUT2D eigenvalue weighted by atomic mass is 9.95. The molecule has 1 aliphatic heterocycles. The molecule has 2 aromatic carbocycles. The van der Waals surface area contributed by atoms with Gasteiger partial charge < -0.3 is 14.7 Å². The van der Waals surface area contributed by atoms with E-state index in [1.165, 1.54) is 0 Å². The van der Waals surface area contributed by atoms with Crippen molar-refractivity contribution in [2.75, 3.05) is 13.7 Å². The second-order valence-corrected chi connectivity index (χ2v) is 6.99. The average molecular weight is 379 g/mol. The molecule has 1 heterocycles. The van der Waals surface area contributed by atoms with E-state index in [-0.39, 0.29) is 11.3 Å². The highest BCUT2D eigenvalue weighted by molar-refractivity contribution is 6.46. The van der Waals surface area contributed by atoms with Crippen LogP contribution in [0.1, 0.15) is 42.5 Å². The fourth-order valence-corrected chi connectivity index (χ4v) is 3.46. The summed E-state index contributed by atoms with van der Waals surface area (Å²) in [4.78, 5) is 27.2. The van der Waals surface area contributed by atoms with Gasteiger partial charge >= 0.3 is 0 Å². The minimum atomic E-state index is -0.651. The first kappa shape index (κ1) is 19.7. The molecule has 1 unspecified atom stereocenters. The first-order valence-electron chi connectivity index (χ1n) is 9.47. The maximum Gasteiger partial charge on any atom is 0.295 e. The van der Waals surface area contributed by atoms with E-state index in [4.69, 9.17) is 4.74 Å². The third-order valence-corrected chi connectivity index (χ3v) is 5.03. The van der Waals surface area contributed by atoms with Gasteiger partial charge in [0.25, 0.3) is 11.7 Å². The van der Waals surface area contributed by atoms with Crippen molar-refractivity contribution < 1.29 is 19.4 Å². The predicted molar refractivity (Wildman–Crippen MR) is 108 cm³/mol. The molecular weight excluding hydrogens is 354 g/mol. The monoisotopic (exact) mass is 379 g/mol. The largest absolute Gasteiger partial charge is 0.507 e. The second-order valence-electron chi connectivity index (χ2n) is 6.99. The highest BCUT2D eigenvalue weighted by Gasteiger charge is 2.45. The summed E-state index contributed by atoms with van der Waals surface area (Å²) in [6, 6.07) is 13.9. The van der Waals surface area contributed by atoms with E-state index < -0.39 is 17.7 Å². The summed E-state index contributed by atoms with van der Waals surface area (Å²) in [6.07, 6.45) is 1.67. The lowest BCUT2D eigenvalue weighted by Gasteiger charge is -2.25. The molecule has 0 radical (unpaired) electrons. The number of aryl methyl sites for hydroxylation is 1. The van der Waals surface area contributed by atoms with Crippen LogP contribution in [0.2, 0.25) is 0 Å². The molecule has 0 bridgehead atoms. The number of hydrogen-bond donors (Lipinski definition) is 1. The van der Waals surface area contributed by atoms with Crippen molar-refractivity contribution in [2.45, 2.75) is 32.7 Å². The Bertz CT molecular complexity index is 914. The number of amides is 1. The number of hydrogen-bond acceptors (Lipinski definition) is 4. The number of methoxy groups -OCH3 is 1. The smallest absolute Gasteiger partial charge is 0.295 e. The summed E-state index contributed by atoms with van der Waals surface area (Å²) < 4.78 is 5.31. The molecule has 1 N–H and O–H groups in total. The van der Waals surface area contributed by atoms with E-state index >= 15 is 0 Å². The standard InChI is InChI=1S/C23H25NO4/c1-4-5-13-24-20(17-7-6-8-18(14-17)28-3)19(22(26)23(24)27)21(25)16-11-9-15(2)10-12-16/h6-12,14,20,25H,4-5,13H2,1-3H3/b21-19-. The second kappa shape index (κ2) is 8.30. The van der Waals surface area contributed by atoms with E-state index in [0.29, 0.717) is 17.9 Å². The number of likely N-dealkylation sites (tertiary alicyclic amines) is 1. The summed E-state index contributed by atoms with van der Waals surface area (Å²) in [6.45, 7) is 4.43. The van der Waals surface area contributed by atoms with Crippen LogP contribution in [-0.2, 0) is 9.59 Å². The van der Waals surface area contributed by atoms with Crippen LogP contribution in [-0.4, -0.2) is 35.4 Å². The summed E-state index contributed by atoms with van der Waals surface area (Å²) >= 11 is 0. The van der Waals surface area contributed by atoms with Crippen molar-refractivity contribution in [3.05, 3.63) is 70.8 Å². The predicted octanol–water partition coefficient (Wildman–Crippen LogP) is 4.23. The molecule has 0 saturated carbocycles. The zero-order valence-corrected chi connectivity index (χ0v) is 16.4. The Hall–Kier alpha value is -3.08. The number of Topliss-reactive ketones (excluding diaryl/α,β-unsaturated/α-hetero) is 1. The van der Waals surface area contributed by atoms with Crippen LogP contribution in [0.25, 0.3) is 5.76 Å². The number of carbonyl (C=O) groups is 2. The van der Waals surface area contributed by atoms with Gasteiger partial charge in [-0.2, -0.15) is 0 Å². The van der Waals surface area contributed by atoms with Gasteiger partial charge in [0.15, 0.2) is 0 Å². The lowest BCUT2D eigenvalue weighted by Crippen LogP contribution is -2.30. The number of aliphatic hydroxyl groups is 1. The maximum absolute atomic E-state index is 12.9. The van der Waals surface area contributed by atoms with Crippen LogP contribution in [0.5, 0.6) is 5.75 Å². The van der Waals surface area contributed by atoms with Crippen molar-refractivity contribution >= 4 is 17.4 Å². The van der Waals surface area contributed by atoms with E-state index in [9.17, 15) is 14.7 Å². The number of ketones is 1. The Morgan fingerprint density at radius 1 is 1.14 bits per heavy atom. The Balaban J connectivity index is 2.16. The molecule has 1 aliphatic rings. The highest BCUT2D eigenvalue weighted by Crippen LogP contribution is 2.40. The van der Waals surface area contributed by atoms with E-state index in [0.717, 1.165) is 24.0 Å². The third kappa shape index (κ3) is 3.65. The van der Waals surface area contributed by atoms with Crippen LogP contribution in [0.15, 0.2) is 54.1 Å². The molecule has 0 aromatic heterocycles. The number of ether oxygens (including phenoxy) is 1. The molecule has 2 aromatic rings. The van der Waals surface area contributed by atoms with Gasteiger partial charge in [-0.1, -0.05) is 55.3 Å². The van der Waals surface area contributed by atoms with E-state index in [1.807, 2.05) is 44.2 Å². The minimum Gasteiger partial charge on any atom is -0.507 e. The van der Waals surface area contributed by atoms with Gasteiger partial charge in [-0.3, -0.25) is 9.59 Å². The number of carbonyl (C=O) groups excluding carboxylic acids is 2. The Labute approximate surface area is 165 Å². The first-order valence-corrected chi connectivity index (χ1v) is 9.47. The summed E-state index contributed by atoms with van der Waals surface area (Å²) in [5.41, 5.74) is 2.43. The van der Waals surface area contributed by atoms with Gasteiger partial charge in [0.1, 0.15) is 11.5 Å². The van der Waals surface area contributed by atoms with Crippen molar-refractivity contribution in [3.8, 4) is 5.75 Å². The molecular formula is C23H25NO4. The molecule has 3 rings (SSSR count). The van der Waals surface area contributed by atoms with E-state index in [2.05, 4.69) is 0 Å². The van der Waals surface area contributed by atoms with Crippen LogP contribution in [0, 0.1) is 6.92 Å². The number of benzene rings is 2. The summed E-state index contributed by atoms with van der Waals surface area (Å²) in [5, 5.41) is 10.9. The van der Waals surface area contributed by atoms with Gasteiger partial charge in [0.05, 0.1) is 18.7 Å². The van der Waals surface area contributed by atoms with Crippen LogP contribution < -0.4 is 4.74 Å². The lowest BCUT2D eigenvalue weighted by molar-refractivity contribution is -0.139. The topological polar surface area (TPSA) is 66.8 Å².